The normalized spacial score (nSPS) is 14.1. The van der Waals surface area contributed by atoms with E-state index in [0.717, 1.165) is 12.8 Å². The Balaban J connectivity index is 4.59. The molecular weight excluding hydrogens is 244 g/mol. The third-order valence-corrected chi connectivity index (χ3v) is 2.93. The SMILES string of the molecule is CC=CCC(C(=O)OCCCC)C(C)C(=O)OCC. The number of rotatable bonds is 9. The fourth-order valence-electron chi connectivity index (χ4n) is 1.65. The van der Waals surface area contributed by atoms with Crippen LogP contribution in [0.3, 0.4) is 0 Å². The van der Waals surface area contributed by atoms with Crippen LogP contribution in [0, 0.1) is 11.8 Å². The lowest BCUT2D eigenvalue weighted by molar-refractivity contribution is -0.159. The van der Waals surface area contributed by atoms with Gasteiger partial charge in [-0.2, -0.15) is 0 Å². The lowest BCUT2D eigenvalue weighted by atomic mass is 9.91. The Kier molecular flexibility index (Phi) is 9.85. The molecule has 0 aromatic carbocycles. The number of unbranched alkanes of at least 4 members (excludes halogenated alkanes) is 1. The molecule has 0 bridgehead atoms. The van der Waals surface area contributed by atoms with Gasteiger partial charge in [0.15, 0.2) is 0 Å². The molecule has 110 valence electrons. The summed E-state index contributed by atoms with van der Waals surface area (Å²) >= 11 is 0. The van der Waals surface area contributed by atoms with Gasteiger partial charge in [0.25, 0.3) is 0 Å². The van der Waals surface area contributed by atoms with Crippen molar-refractivity contribution in [2.45, 2.75) is 47.0 Å². The predicted octanol–water partition coefficient (Wildman–Crippen LogP) is 3.11. The Morgan fingerprint density at radius 2 is 1.84 bits per heavy atom. The fourth-order valence-corrected chi connectivity index (χ4v) is 1.65. The summed E-state index contributed by atoms with van der Waals surface area (Å²) in [4.78, 5) is 23.7. The van der Waals surface area contributed by atoms with E-state index in [1.165, 1.54) is 0 Å². The maximum absolute atomic E-state index is 12.0. The van der Waals surface area contributed by atoms with Crippen LogP contribution in [0.2, 0.25) is 0 Å². The molecule has 0 aromatic rings. The lowest BCUT2D eigenvalue weighted by Crippen LogP contribution is -2.30. The van der Waals surface area contributed by atoms with Crippen LogP contribution >= 0.6 is 0 Å². The van der Waals surface area contributed by atoms with Crippen molar-refractivity contribution in [1.29, 1.82) is 0 Å². The Morgan fingerprint density at radius 3 is 2.37 bits per heavy atom. The van der Waals surface area contributed by atoms with Crippen molar-refractivity contribution in [2.75, 3.05) is 13.2 Å². The second kappa shape index (κ2) is 10.6. The summed E-state index contributed by atoms with van der Waals surface area (Å²) in [5.74, 6) is -1.60. The molecule has 0 radical (unpaired) electrons. The molecule has 0 aliphatic heterocycles. The van der Waals surface area contributed by atoms with E-state index in [4.69, 9.17) is 9.47 Å². The van der Waals surface area contributed by atoms with Crippen molar-refractivity contribution in [3.8, 4) is 0 Å². The van der Waals surface area contributed by atoms with Gasteiger partial charge < -0.3 is 9.47 Å². The van der Waals surface area contributed by atoms with Crippen molar-refractivity contribution >= 4 is 11.9 Å². The first-order chi connectivity index (χ1) is 9.08. The van der Waals surface area contributed by atoms with E-state index in [1.807, 2.05) is 26.0 Å². The molecular formula is C15H26O4. The second-order valence-electron chi connectivity index (χ2n) is 4.47. The number of esters is 2. The summed E-state index contributed by atoms with van der Waals surface area (Å²) in [7, 11) is 0. The molecule has 19 heavy (non-hydrogen) atoms. The number of carbonyl (C=O) groups is 2. The zero-order chi connectivity index (χ0) is 14.7. The van der Waals surface area contributed by atoms with Crippen molar-refractivity contribution < 1.29 is 19.1 Å². The molecule has 4 heteroatoms. The topological polar surface area (TPSA) is 52.6 Å². The molecule has 2 atom stereocenters. The smallest absolute Gasteiger partial charge is 0.310 e. The maximum atomic E-state index is 12.0. The summed E-state index contributed by atoms with van der Waals surface area (Å²) in [6, 6.07) is 0. The Hall–Kier alpha value is -1.32. The van der Waals surface area contributed by atoms with Crippen LogP contribution in [0.15, 0.2) is 12.2 Å². The first-order valence-electron chi connectivity index (χ1n) is 7.02. The highest BCUT2D eigenvalue weighted by Crippen LogP contribution is 2.20. The molecule has 0 aliphatic carbocycles. The third-order valence-electron chi connectivity index (χ3n) is 2.93. The van der Waals surface area contributed by atoms with Gasteiger partial charge in [-0.05, 0) is 26.7 Å². The Morgan fingerprint density at radius 1 is 1.16 bits per heavy atom. The number of ether oxygens (including phenoxy) is 2. The van der Waals surface area contributed by atoms with Gasteiger partial charge in [-0.15, -0.1) is 0 Å². The molecule has 0 fully saturated rings. The maximum Gasteiger partial charge on any atom is 0.310 e. The summed E-state index contributed by atoms with van der Waals surface area (Å²) < 4.78 is 10.2. The molecule has 0 spiro atoms. The van der Waals surface area contributed by atoms with Crippen LogP contribution in [0.1, 0.15) is 47.0 Å². The summed E-state index contributed by atoms with van der Waals surface area (Å²) in [6.45, 7) is 8.13. The van der Waals surface area contributed by atoms with Gasteiger partial charge in [0, 0.05) is 0 Å². The number of allylic oxidation sites excluding steroid dienone is 2. The van der Waals surface area contributed by atoms with Gasteiger partial charge in [0.2, 0.25) is 0 Å². The van der Waals surface area contributed by atoms with Crippen molar-refractivity contribution in [1.82, 2.24) is 0 Å². The summed E-state index contributed by atoms with van der Waals surface area (Å²) in [5, 5.41) is 0. The first-order valence-corrected chi connectivity index (χ1v) is 7.02. The van der Waals surface area contributed by atoms with Gasteiger partial charge in [0.1, 0.15) is 0 Å². The minimum Gasteiger partial charge on any atom is -0.466 e. The summed E-state index contributed by atoms with van der Waals surface area (Å²) in [5.41, 5.74) is 0. The second-order valence-corrected chi connectivity index (χ2v) is 4.47. The molecule has 0 amide bonds. The molecule has 4 nitrogen and oxygen atoms in total. The van der Waals surface area contributed by atoms with Crippen LogP contribution in [0.25, 0.3) is 0 Å². The third kappa shape index (κ3) is 6.99. The van der Waals surface area contributed by atoms with E-state index in [2.05, 4.69) is 0 Å². The molecule has 0 N–H and O–H groups in total. The standard InChI is InChI=1S/C15H26O4/c1-5-8-10-13(12(4)14(16)18-7-3)15(17)19-11-9-6-2/h5,8,12-13H,6-7,9-11H2,1-4H3. The number of hydrogen-bond acceptors (Lipinski definition) is 4. The molecule has 0 aromatic heterocycles. The summed E-state index contributed by atoms with van der Waals surface area (Å²) in [6.07, 6.45) is 6.06. The minimum atomic E-state index is -0.481. The zero-order valence-corrected chi connectivity index (χ0v) is 12.5. The number of hydrogen-bond donors (Lipinski definition) is 0. The van der Waals surface area contributed by atoms with Gasteiger partial charge >= 0.3 is 11.9 Å². The minimum absolute atomic E-state index is 0.313. The van der Waals surface area contributed by atoms with Crippen LogP contribution in [0.4, 0.5) is 0 Å². The van der Waals surface area contributed by atoms with E-state index in [9.17, 15) is 9.59 Å². The van der Waals surface area contributed by atoms with Crippen LogP contribution in [-0.4, -0.2) is 25.2 Å². The van der Waals surface area contributed by atoms with Crippen LogP contribution in [-0.2, 0) is 19.1 Å². The largest absolute Gasteiger partial charge is 0.466 e. The lowest BCUT2D eigenvalue weighted by Gasteiger charge is -2.20. The van der Waals surface area contributed by atoms with Gasteiger partial charge in [-0.25, -0.2) is 0 Å². The monoisotopic (exact) mass is 270 g/mol. The molecule has 0 saturated carbocycles. The average Bonchev–Trinajstić information content (AvgIpc) is 2.39. The van der Waals surface area contributed by atoms with Crippen molar-refractivity contribution in [2.24, 2.45) is 11.8 Å². The van der Waals surface area contributed by atoms with Crippen molar-refractivity contribution in [3.05, 3.63) is 12.2 Å². The average molecular weight is 270 g/mol. The van der Waals surface area contributed by atoms with E-state index in [1.54, 1.807) is 13.8 Å². The van der Waals surface area contributed by atoms with Crippen molar-refractivity contribution in [3.63, 3.8) is 0 Å². The molecule has 0 aliphatic rings. The van der Waals surface area contributed by atoms with E-state index < -0.39 is 11.8 Å². The zero-order valence-electron chi connectivity index (χ0n) is 12.5. The molecule has 0 rings (SSSR count). The Labute approximate surface area is 116 Å². The van der Waals surface area contributed by atoms with Crippen LogP contribution < -0.4 is 0 Å². The fraction of sp³-hybridized carbons (Fsp3) is 0.733. The number of carbonyl (C=O) groups excluding carboxylic acids is 2. The van der Waals surface area contributed by atoms with E-state index in [0.29, 0.717) is 19.6 Å². The molecule has 2 unspecified atom stereocenters. The van der Waals surface area contributed by atoms with Gasteiger partial charge in [0.05, 0.1) is 25.0 Å². The van der Waals surface area contributed by atoms with E-state index >= 15 is 0 Å². The molecule has 0 heterocycles. The quantitative estimate of drug-likeness (QED) is 0.367. The van der Waals surface area contributed by atoms with Crippen LogP contribution in [0.5, 0.6) is 0 Å². The van der Waals surface area contributed by atoms with Gasteiger partial charge in [-0.1, -0.05) is 32.4 Å². The first kappa shape index (κ1) is 17.7. The highest BCUT2D eigenvalue weighted by atomic mass is 16.5. The van der Waals surface area contributed by atoms with E-state index in [-0.39, 0.29) is 11.9 Å². The Bertz CT molecular complexity index is 297. The highest BCUT2D eigenvalue weighted by molar-refractivity contribution is 5.82. The van der Waals surface area contributed by atoms with Gasteiger partial charge in [-0.3, -0.25) is 9.59 Å². The molecule has 0 saturated heterocycles. The predicted molar refractivity (Wildman–Crippen MR) is 74.6 cm³/mol. The highest BCUT2D eigenvalue weighted by Gasteiger charge is 2.31.